The zero-order valence-electron chi connectivity index (χ0n) is 34.6. The van der Waals surface area contributed by atoms with E-state index in [4.69, 9.17) is 28.9 Å². The number of hydrogen-bond acceptors (Lipinski definition) is 10. The molecular weight excluding hydrogens is 739 g/mol. The predicted octanol–water partition coefficient (Wildman–Crippen LogP) is 7.06. The molecule has 0 radical (unpaired) electrons. The fourth-order valence-corrected chi connectivity index (χ4v) is 8.84. The van der Waals surface area contributed by atoms with Crippen LogP contribution in [0.4, 0.5) is 4.79 Å². The molecule has 3 aromatic carbocycles. The summed E-state index contributed by atoms with van der Waals surface area (Å²) in [5.74, 6) is 2.57. The maximum atomic E-state index is 13.8. The second-order valence-corrected chi connectivity index (χ2v) is 17.5. The first-order chi connectivity index (χ1) is 27.7. The van der Waals surface area contributed by atoms with Gasteiger partial charge in [-0.3, -0.25) is 15.0 Å². The van der Waals surface area contributed by atoms with Crippen molar-refractivity contribution < 1.29 is 33.6 Å². The lowest BCUT2D eigenvalue weighted by molar-refractivity contribution is -0.145. The molecule has 308 valence electrons. The predicted molar refractivity (Wildman–Crippen MR) is 220 cm³/mol. The highest BCUT2D eigenvalue weighted by Crippen LogP contribution is 2.44. The number of methoxy groups -OCH3 is 2. The smallest absolute Gasteiger partial charge is 0.410 e. The topological polar surface area (TPSA) is 167 Å². The van der Waals surface area contributed by atoms with Gasteiger partial charge in [-0.15, -0.1) is 0 Å². The van der Waals surface area contributed by atoms with Gasteiger partial charge in [-0.1, -0.05) is 39.0 Å². The van der Waals surface area contributed by atoms with E-state index in [1.165, 1.54) is 7.11 Å². The lowest BCUT2D eigenvalue weighted by Gasteiger charge is -2.31. The second kappa shape index (κ2) is 15.6. The Morgan fingerprint density at radius 1 is 1.00 bits per heavy atom. The fourth-order valence-electron chi connectivity index (χ4n) is 8.84. The Kier molecular flexibility index (Phi) is 10.7. The van der Waals surface area contributed by atoms with Gasteiger partial charge in [0.05, 0.1) is 47.7 Å². The molecule has 5 aromatic rings. The van der Waals surface area contributed by atoms with Crippen molar-refractivity contribution >= 4 is 33.8 Å². The van der Waals surface area contributed by atoms with Gasteiger partial charge in [0.2, 0.25) is 12.3 Å². The van der Waals surface area contributed by atoms with E-state index >= 15 is 0 Å². The average molecular weight is 794 g/mol. The Morgan fingerprint density at radius 2 is 1.79 bits per heavy atom. The van der Waals surface area contributed by atoms with Gasteiger partial charge in [-0.2, -0.15) is 0 Å². The molecule has 8 rings (SSSR count). The number of likely N-dealkylation sites (tertiary alicyclic amines) is 2. The molecule has 2 amide bonds. The number of nitrogens with zero attached hydrogens (tertiary/aromatic N) is 4. The number of aliphatic hydroxyl groups is 1. The van der Waals surface area contributed by atoms with E-state index in [1.807, 2.05) is 51.8 Å². The van der Waals surface area contributed by atoms with E-state index in [1.54, 1.807) is 12.0 Å². The molecule has 58 heavy (non-hydrogen) atoms. The van der Waals surface area contributed by atoms with Gasteiger partial charge in [-0.05, 0) is 91.8 Å². The summed E-state index contributed by atoms with van der Waals surface area (Å²) >= 11 is 0. The van der Waals surface area contributed by atoms with Gasteiger partial charge in [0.1, 0.15) is 29.6 Å². The first-order valence-corrected chi connectivity index (χ1v) is 20.2. The van der Waals surface area contributed by atoms with Crippen molar-refractivity contribution in [1.29, 1.82) is 0 Å². The number of aromatic amines is 2. The van der Waals surface area contributed by atoms with E-state index in [2.05, 4.69) is 58.6 Å². The minimum atomic E-state index is -1.24. The molecule has 1 unspecified atom stereocenters. The van der Waals surface area contributed by atoms with Crippen molar-refractivity contribution in [2.24, 2.45) is 17.8 Å². The average Bonchev–Trinajstić information content (AvgIpc) is 4.00. The third kappa shape index (κ3) is 7.66. The number of ether oxygens (including phenoxy) is 4. The van der Waals surface area contributed by atoms with E-state index in [0.717, 1.165) is 80.0 Å². The largest absolute Gasteiger partial charge is 0.488 e. The van der Waals surface area contributed by atoms with Gasteiger partial charge in [0, 0.05) is 44.2 Å². The lowest BCUT2D eigenvalue weighted by Crippen LogP contribution is -2.53. The van der Waals surface area contributed by atoms with Gasteiger partial charge >= 0.3 is 6.09 Å². The molecular formula is C44H55N7O7. The number of H-pyrrole nitrogens is 2. The van der Waals surface area contributed by atoms with Crippen molar-refractivity contribution in [1.82, 2.24) is 35.1 Å². The molecule has 0 saturated carbocycles. The molecule has 5 heterocycles. The zero-order valence-corrected chi connectivity index (χ0v) is 34.6. The van der Waals surface area contributed by atoms with Crippen LogP contribution in [0, 0.1) is 17.8 Å². The molecule has 14 heteroatoms. The zero-order chi connectivity index (χ0) is 41.0. The summed E-state index contributed by atoms with van der Waals surface area (Å²) in [6.45, 7) is 13.8. The molecule has 2 saturated heterocycles. The Morgan fingerprint density at radius 3 is 2.53 bits per heavy atom. The standard InChI is InChI=1S/C44H55N7O7/c1-23(2)37(49-42(53)56-8)41(52)50-19-24(3)13-34(50)39-45-18-33(47-39)27-9-11-29-28(15-27)22-57-36-17-30-26(16-31(29)36)10-12-32-38(30)48-40(46-32)35-14-25(21-55-7)20-51(35)43(54)58-44(4,5)6/h9-12,15-18,23-25,34-35,37,42,49,53H,13-14,19-22H2,1-8H3,(H,45,47)(H,46,48)/t24-,25-,34-,35-,37-,42?/m0/s1. The number of carbonyl (C=O) groups is 2. The summed E-state index contributed by atoms with van der Waals surface area (Å²) in [6, 6.07) is 13.7. The van der Waals surface area contributed by atoms with Crippen molar-refractivity contribution in [2.45, 2.75) is 91.1 Å². The maximum absolute atomic E-state index is 13.8. The summed E-state index contributed by atoms with van der Waals surface area (Å²) in [5, 5.41) is 15.0. The highest BCUT2D eigenvalue weighted by molar-refractivity contribution is 6.07. The first kappa shape index (κ1) is 39.8. The number of nitrogens with one attached hydrogen (secondary N) is 3. The maximum Gasteiger partial charge on any atom is 0.410 e. The molecule has 2 aromatic heterocycles. The van der Waals surface area contributed by atoms with Crippen LogP contribution in [-0.2, 0) is 25.6 Å². The van der Waals surface area contributed by atoms with Crippen LogP contribution in [0.15, 0.2) is 48.7 Å². The number of carbonyl (C=O) groups excluding carboxylic acids is 2. The normalized spacial score (nSPS) is 21.7. The number of imidazole rings is 2. The van der Waals surface area contributed by atoms with Crippen LogP contribution >= 0.6 is 0 Å². The summed E-state index contributed by atoms with van der Waals surface area (Å²) < 4.78 is 22.7. The van der Waals surface area contributed by atoms with Crippen LogP contribution in [-0.4, -0.2) is 98.8 Å². The molecule has 3 aliphatic heterocycles. The number of benzene rings is 3. The third-order valence-corrected chi connectivity index (χ3v) is 11.6. The van der Waals surface area contributed by atoms with Crippen LogP contribution in [0.1, 0.15) is 83.7 Å². The van der Waals surface area contributed by atoms with E-state index in [-0.39, 0.29) is 35.9 Å². The van der Waals surface area contributed by atoms with Gasteiger partial charge in [-0.25, -0.2) is 14.8 Å². The molecule has 0 aliphatic carbocycles. The van der Waals surface area contributed by atoms with Gasteiger partial charge in [0.25, 0.3) is 0 Å². The summed E-state index contributed by atoms with van der Waals surface area (Å²) in [5.41, 5.74) is 6.12. The summed E-state index contributed by atoms with van der Waals surface area (Å²) in [7, 11) is 3.08. The van der Waals surface area contributed by atoms with E-state index < -0.39 is 18.1 Å². The number of rotatable bonds is 10. The number of hydrogen-bond donors (Lipinski definition) is 4. The van der Waals surface area contributed by atoms with Crippen molar-refractivity contribution in [3.8, 4) is 28.1 Å². The Bertz CT molecular complexity index is 2330. The number of amides is 2. The number of aliphatic hydroxyl groups excluding tert-OH is 1. The fraction of sp³-hybridized carbons (Fsp3) is 0.500. The van der Waals surface area contributed by atoms with Crippen LogP contribution in [0.3, 0.4) is 0 Å². The van der Waals surface area contributed by atoms with E-state index in [9.17, 15) is 14.7 Å². The number of aromatic nitrogens is 4. The molecule has 4 N–H and O–H groups in total. The molecule has 3 aliphatic rings. The molecule has 0 bridgehead atoms. The van der Waals surface area contributed by atoms with Gasteiger partial charge < -0.3 is 38.9 Å². The molecule has 6 atom stereocenters. The Balaban J connectivity index is 1.05. The van der Waals surface area contributed by atoms with Crippen LogP contribution < -0.4 is 10.1 Å². The minimum absolute atomic E-state index is 0.0591. The highest BCUT2D eigenvalue weighted by Gasteiger charge is 2.41. The van der Waals surface area contributed by atoms with Crippen LogP contribution in [0.5, 0.6) is 5.75 Å². The number of fused-ring (bicyclic) bond motifs is 6. The van der Waals surface area contributed by atoms with Gasteiger partial charge in [0.15, 0.2) is 0 Å². The Labute approximate surface area is 338 Å². The first-order valence-electron chi connectivity index (χ1n) is 20.2. The summed E-state index contributed by atoms with van der Waals surface area (Å²) in [6.07, 6.45) is 1.75. The quantitative estimate of drug-likeness (QED) is 0.108. The minimum Gasteiger partial charge on any atom is -0.488 e. The second-order valence-electron chi connectivity index (χ2n) is 17.5. The molecule has 14 nitrogen and oxygen atoms in total. The molecule has 0 spiro atoms. The summed E-state index contributed by atoms with van der Waals surface area (Å²) in [4.78, 5) is 47.8. The van der Waals surface area contributed by atoms with E-state index in [0.29, 0.717) is 32.2 Å². The monoisotopic (exact) mass is 793 g/mol. The highest BCUT2D eigenvalue weighted by atomic mass is 16.6. The third-order valence-electron chi connectivity index (χ3n) is 11.6. The van der Waals surface area contributed by atoms with Crippen LogP contribution in [0.2, 0.25) is 0 Å². The van der Waals surface area contributed by atoms with Crippen molar-refractivity contribution in [2.75, 3.05) is 33.9 Å². The SMILES string of the molecule is COC[C@H]1C[C@@H](c2nc3c(ccc4cc5c(cc43)OCc3cc(-c4cnc([C@@H]6C[C@H](C)CN6C(=O)[C@@H](NC(O)OC)C(C)C)[nH]4)ccc3-5)[nH]2)N(C(=O)OC(C)(C)C)C1. The van der Waals surface area contributed by atoms with Crippen molar-refractivity contribution in [3.05, 3.63) is 65.9 Å². The van der Waals surface area contributed by atoms with Crippen LogP contribution in [0.25, 0.3) is 44.2 Å². The molecule has 2 fully saturated rings. The Hall–Kier alpha value is -5.02. The lowest BCUT2D eigenvalue weighted by atomic mass is 9.92. The van der Waals surface area contributed by atoms with Crippen molar-refractivity contribution in [3.63, 3.8) is 0 Å².